The van der Waals surface area contributed by atoms with Crippen LogP contribution in [0.5, 0.6) is 0 Å². The van der Waals surface area contributed by atoms with Gasteiger partial charge in [0.25, 0.3) is 0 Å². The molecule has 1 heterocycles. The van der Waals surface area contributed by atoms with Crippen molar-refractivity contribution in [3.05, 3.63) is 82.8 Å². The van der Waals surface area contributed by atoms with Gasteiger partial charge in [0.1, 0.15) is 0 Å². The van der Waals surface area contributed by atoms with Gasteiger partial charge in [0, 0.05) is 23.2 Å². The highest BCUT2D eigenvalue weighted by Crippen LogP contribution is 2.21. The summed E-state index contributed by atoms with van der Waals surface area (Å²) in [5, 5.41) is 12.2. The zero-order chi connectivity index (χ0) is 17.6. The minimum absolute atomic E-state index is 0.617. The molecule has 0 saturated heterocycles. The van der Waals surface area contributed by atoms with Crippen LogP contribution in [-0.2, 0) is 6.54 Å². The van der Waals surface area contributed by atoms with Crippen LogP contribution in [0, 0.1) is 0 Å². The maximum Gasteiger partial charge on any atom is 0.0650 e. The van der Waals surface area contributed by atoms with E-state index < -0.39 is 0 Å². The molecule has 2 N–H and O–H groups in total. The predicted octanol–water partition coefficient (Wildman–Crippen LogP) is 4.95. The predicted molar refractivity (Wildman–Crippen MR) is 106 cm³/mol. The van der Waals surface area contributed by atoms with Crippen molar-refractivity contribution in [3.63, 3.8) is 0 Å². The molecule has 2 aromatic carbocycles. The second kappa shape index (κ2) is 7.81. The summed E-state index contributed by atoms with van der Waals surface area (Å²) in [6.07, 6.45) is 5.58. The third kappa shape index (κ3) is 4.17. The normalized spacial score (nSPS) is 12.4. The van der Waals surface area contributed by atoms with Gasteiger partial charge in [-0.25, -0.2) is 0 Å². The molecule has 4 nitrogen and oxygen atoms in total. The van der Waals surface area contributed by atoms with Crippen molar-refractivity contribution in [3.8, 4) is 0 Å². The van der Waals surface area contributed by atoms with Crippen molar-refractivity contribution in [2.24, 2.45) is 4.99 Å². The number of halogens is 1. The monoisotopic (exact) mass is 350 g/mol. The van der Waals surface area contributed by atoms with Gasteiger partial charge in [-0.05, 0) is 54.6 Å². The highest BCUT2D eigenvalue weighted by atomic mass is 35.5. The molecule has 0 spiro atoms. The Hall–Kier alpha value is -2.85. The highest BCUT2D eigenvalue weighted by Gasteiger charge is 2.03. The van der Waals surface area contributed by atoms with E-state index in [1.807, 2.05) is 42.6 Å². The van der Waals surface area contributed by atoms with Gasteiger partial charge in [0.2, 0.25) is 0 Å². The topological polar surface area (TPSA) is 53.1 Å². The third-order valence-electron chi connectivity index (χ3n) is 3.94. The third-order valence-corrected chi connectivity index (χ3v) is 4.31. The maximum absolute atomic E-state index is 6.21. The number of benzene rings is 2. The Kier molecular flexibility index (Phi) is 5.31. The molecule has 0 bridgehead atoms. The van der Waals surface area contributed by atoms with Crippen LogP contribution in [0.1, 0.15) is 18.1 Å². The SMILES string of the molecule is C=N/C=C(\C=C(/C)c1ccc2[nH]ncc2c1)NCc1ccccc1Cl. The second-order valence-electron chi connectivity index (χ2n) is 5.71. The molecular formula is C20H19ClN4. The Morgan fingerprint density at radius 1 is 1.32 bits per heavy atom. The van der Waals surface area contributed by atoms with E-state index in [2.05, 4.69) is 46.3 Å². The number of aromatic amines is 1. The van der Waals surface area contributed by atoms with Crippen LogP contribution in [0.25, 0.3) is 16.5 Å². The van der Waals surface area contributed by atoms with E-state index in [1.54, 1.807) is 6.20 Å². The summed E-state index contributed by atoms with van der Waals surface area (Å²) in [5.74, 6) is 0. The Morgan fingerprint density at radius 2 is 2.16 bits per heavy atom. The van der Waals surface area contributed by atoms with Gasteiger partial charge in [-0.1, -0.05) is 35.9 Å². The molecule has 3 aromatic rings. The van der Waals surface area contributed by atoms with E-state index in [9.17, 15) is 0 Å². The number of nitrogens with one attached hydrogen (secondary N) is 2. The number of fused-ring (bicyclic) bond motifs is 1. The van der Waals surface area contributed by atoms with Gasteiger partial charge >= 0.3 is 0 Å². The van der Waals surface area contributed by atoms with E-state index in [0.29, 0.717) is 6.54 Å². The number of aromatic nitrogens is 2. The molecule has 0 aliphatic rings. The summed E-state index contributed by atoms with van der Waals surface area (Å²) >= 11 is 6.21. The van der Waals surface area contributed by atoms with Gasteiger partial charge in [0.15, 0.2) is 0 Å². The molecule has 0 atom stereocenters. The number of hydrogen-bond donors (Lipinski definition) is 2. The van der Waals surface area contributed by atoms with Crippen molar-refractivity contribution < 1.29 is 0 Å². The van der Waals surface area contributed by atoms with Crippen molar-refractivity contribution in [1.82, 2.24) is 15.5 Å². The quantitative estimate of drug-likeness (QED) is 0.488. The van der Waals surface area contributed by atoms with Crippen LogP contribution in [0.2, 0.25) is 5.02 Å². The summed E-state index contributed by atoms with van der Waals surface area (Å²) < 4.78 is 0. The summed E-state index contributed by atoms with van der Waals surface area (Å²) in [6, 6.07) is 14.0. The van der Waals surface area contributed by atoms with Crippen LogP contribution in [0.4, 0.5) is 0 Å². The van der Waals surface area contributed by atoms with Crippen LogP contribution in [-0.4, -0.2) is 16.9 Å². The second-order valence-corrected chi connectivity index (χ2v) is 6.12. The molecular weight excluding hydrogens is 332 g/mol. The molecule has 3 rings (SSSR count). The Morgan fingerprint density at radius 3 is 2.96 bits per heavy atom. The van der Waals surface area contributed by atoms with Gasteiger partial charge in [-0.2, -0.15) is 5.10 Å². The fourth-order valence-electron chi connectivity index (χ4n) is 2.58. The molecule has 0 amide bonds. The summed E-state index contributed by atoms with van der Waals surface area (Å²) in [7, 11) is 0. The first-order valence-electron chi connectivity index (χ1n) is 7.92. The summed E-state index contributed by atoms with van der Waals surface area (Å²) in [6.45, 7) is 6.23. The smallest absolute Gasteiger partial charge is 0.0650 e. The molecule has 25 heavy (non-hydrogen) atoms. The first kappa shape index (κ1) is 17.0. The van der Waals surface area contributed by atoms with E-state index in [-0.39, 0.29) is 0 Å². The number of nitrogens with zero attached hydrogens (tertiary/aromatic N) is 2. The van der Waals surface area contributed by atoms with Crippen molar-refractivity contribution >= 4 is 34.8 Å². The molecule has 0 aliphatic carbocycles. The lowest BCUT2D eigenvalue weighted by Crippen LogP contribution is -2.11. The van der Waals surface area contributed by atoms with E-state index in [4.69, 9.17) is 11.6 Å². The van der Waals surface area contributed by atoms with Crippen LogP contribution in [0.15, 0.2) is 71.6 Å². The average molecular weight is 351 g/mol. The Labute approximate surface area is 151 Å². The van der Waals surface area contributed by atoms with E-state index in [1.165, 1.54) is 0 Å². The Bertz CT molecular complexity index is 953. The zero-order valence-corrected chi connectivity index (χ0v) is 14.7. The summed E-state index contributed by atoms with van der Waals surface area (Å²) in [5.41, 5.74) is 5.18. The minimum Gasteiger partial charge on any atom is -0.380 e. The van der Waals surface area contributed by atoms with Crippen molar-refractivity contribution in [1.29, 1.82) is 0 Å². The molecule has 0 unspecified atom stereocenters. The molecule has 1 aromatic heterocycles. The first-order valence-corrected chi connectivity index (χ1v) is 8.30. The highest BCUT2D eigenvalue weighted by molar-refractivity contribution is 6.31. The lowest BCUT2D eigenvalue weighted by atomic mass is 10.0. The molecule has 0 radical (unpaired) electrons. The molecule has 0 aliphatic heterocycles. The Balaban J connectivity index is 1.80. The van der Waals surface area contributed by atoms with E-state index in [0.717, 1.165) is 38.3 Å². The lowest BCUT2D eigenvalue weighted by Gasteiger charge is -2.10. The fraction of sp³-hybridized carbons (Fsp3) is 0.100. The minimum atomic E-state index is 0.617. The molecule has 0 fully saturated rings. The molecule has 126 valence electrons. The standard InChI is InChI=1S/C20H19ClN4/c1-14(15-7-8-20-17(10-15)12-24-25-20)9-18(13-22-2)23-11-16-5-3-4-6-19(16)21/h3-10,12-13,23H,2,11H2,1H3,(H,24,25)/b14-9+,18-13+. The van der Waals surface area contributed by atoms with Crippen molar-refractivity contribution in [2.75, 3.05) is 0 Å². The largest absolute Gasteiger partial charge is 0.380 e. The van der Waals surface area contributed by atoms with Crippen LogP contribution < -0.4 is 5.32 Å². The van der Waals surface area contributed by atoms with Crippen LogP contribution in [0.3, 0.4) is 0 Å². The van der Waals surface area contributed by atoms with Gasteiger partial charge < -0.3 is 5.32 Å². The van der Waals surface area contributed by atoms with Gasteiger partial charge in [-0.15, -0.1) is 0 Å². The first-order chi connectivity index (χ1) is 12.2. The number of aliphatic imine (C=N–C) groups is 1. The fourth-order valence-corrected chi connectivity index (χ4v) is 2.78. The zero-order valence-electron chi connectivity index (χ0n) is 14.0. The number of allylic oxidation sites excluding steroid dienone is 2. The van der Waals surface area contributed by atoms with Crippen LogP contribution >= 0.6 is 11.6 Å². The van der Waals surface area contributed by atoms with Gasteiger partial charge in [-0.3, -0.25) is 10.1 Å². The number of H-pyrrole nitrogens is 1. The van der Waals surface area contributed by atoms with Crippen molar-refractivity contribution in [2.45, 2.75) is 13.5 Å². The summed E-state index contributed by atoms with van der Waals surface area (Å²) in [4.78, 5) is 3.89. The van der Waals surface area contributed by atoms with Gasteiger partial charge in [0.05, 0.1) is 17.4 Å². The average Bonchev–Trinajstić information content (AvgIpc) is 3.08. The number of rotatable bonds is 6. The maximum atomic E-state index is 6.21. The number of hydrogen-bond acceptors (Lipinski definition) is 3. The van der Waals surface area contributed by atoms with E-state index >= 15 is 0 Å². The molecule has 5 heteroatoms. The lowest BCUT2D eigenvalue weighted by molar-refractivity contribution is 0.831. The molecule has 0 saturated carbocycles.